The lowest BCUT2D eigenvalue weighted by molar-refractivity contribution is -0.0823. The van der Waals surface area contributed by atoms with E-state index in [1.165, 1.54) is 0 Å². The molecule has 4 heteroatoms. The molecule has 0 aromatic carbocycles. The van der Waals surface area contributed by atoms with Crippen molar-refractivity contribution in [3.63, 3.8) is 0 Å². The Kier molecular flexibility index (Phi) is 3.88. The minimum absolute atomic E-state index is 0.259. The van der Waals surface area contributed by atoms with Gasteiger partial charge in [-0.3, -0.25) is 4.68 Å². The molecular formula is C11H20N2O2. The lowest BCUT2D eigenvalue weighted by Gasteiger charge is -2.29. The van der Waals surface area contributed by atoms with Gasteiger partial charge >= 0.3 is 0 Å². The molecule has 0 radical (unpaired) electrons. The van der Waals surface area contributed by atoms with Gasteiger partial charge in [-0.15, -0.1) is 0 Å². The zero-order valence-electron chi connectivity index (χ0n) is 9.90. The van der Waals surface area contributed by atoms with Gasteiger partial charge in [-0.05, 0) is 26.3 Å². The fourth-order valence-electron chi connectivity index (χ4n) is 1.59. The van der Waals surface area contributed by atoms with Crippen molar-refractivity contribution in [1.29, 1.82) is 0 Å². The summed E-state index contributed by atoms with van der Waals surface area (Å²) in [5, 5.41) is 14.6. The Labute approximate surface area is 90.9 Å². The molecule has 0 bridgehead atoms. The molecular weight excluding hydrogens is 192 g/mol. The SMILES string of the molecule is CCCn1nccc1C(C)(O)C(C)OC. The lowest BCUT2D eigenvalue weighted by atomic mass is 9.96. The lowest BCUT2D eigenvalue weighted by Crippen LogP contribution is -2.37. The summed E-state index contributed by atoms with van der Waals surface area (Å²) in [4.78, 5) is 0. The molecule has 0 saturated heterocycles. The van der Waals surface area contributed by atoms with Crippen LogP contribution in [0.3, 0.4) is 0 Å². The zero-order chi connectivity index (χ0) is 11.5. The second-order valence-electron chi connectivity index (χ2n) is 3.97. The van der Waals surface area contributed by atoms with Gasteiger partial charge in [0.2, 0.25) is 0 Å². The number of aliphatic hydroxyl groups is 1. The maximum Gasteiger partial charge on any atom is 0.129 e. The fourth-order valence-corrected chi connectivity index (χ4v) is 1.59. The number of nitrogens with zero attached hydrogens (tertiary/aromatic N) is 2. The number of aryl methyl sites for hydroxylation is 1. The van der Waals surface area contributed by atoms with Crippen LogP contribution in [-0.2, 0) is 16.9 Å². The van der Waals surface area contributed by atoms with Crippen LogP contribution in [0, 0.1) is 0 Å². The molecule has 0 fully saturated rings. The fraction of sp³-hybridized carbons (Fsp3) is 0.727. The predicted octanol–water partition coefficient (Wildman–Crippen LogP) is 1.54. The van der Waals surface area contributed by atoms with Gasteiger partial charge in [0.25, 0.3) is 0 Å². The number of methoxy groups -OCH3 is 1. The van der Waals surface area contributed by atoms with Crippen molar-refractivity contribution in [2.45, 2.75) is 45.4 Å². The first-order valence-corrected chi connectivity index (χ1v) is 5.31. The second-order valence-corrected chi connectivity index (χ2v) is 3.97. The number of ether oxygens (including phenoxy) is 1. The average Bonchev–Trinajstić information content (AvgIpc) is 2.66. The molecule has 0 aliphatic heterocycles. The Morgan fingerprint density at radius 2 is 2.33 bits per heavy atom. The van der Waals surface area contributed by atoms with Crippen molar-refractivity contribution in [1.82, 2.24) is 9.78 Å². The van der Waals surface area contributed by atoms with E-state index in [-0.39, 0.29) is 6.10 Å². The van der Waals surface area contributed by atoms with E-state index in [1.54, 1.807) is 20.2 Å². The number of rotatable bonds is 5. The molecule has 1 heterocycles. The summed E-state index contributed by atoms with van der Waals surface area (Å²) in [7, 11) is 1.60. The average molecular weight is 212 g/mol. The number of aromatic nitrogens is 2. The third-order valence-corrected chi connectivity index (χ3v) is 2.82. The molecule has 1 rings (SSSR count). The summed E-state index contributed by atoms with van der Waals surface area (Å²) in [6.45, 7) is 6.50. The Balaban J connectivity index is 2.97. The third kappa shape index (κ3) is 2.38. The van der Waals surface area contributed by atoms with E-state index in [4.69, 9.17) is 4.74 Å². The summed E-state index contributed by atoms with van der Waals surface area (Å²) in [6.07, 6.45) is 2.44. The maximum absolute atomic E-state index is 10.4. The molecule has 1 aromatic heterocycles. The maximum atomic E-state index is 10.4. The van der Waals surface area contributed by atoms with Crippen LogP contribution in [0.25, 0.3) is 0 Å². The van der Waals surface area contributed by atoms with Crippen LogP contribution in [-0.4, -0.2) is 28.1 Å². The Morgan fingerprint density at radius 1 is 1.67 bits per heavy atom. The molecule has 4 nitrogen and oxygen atoms in total. The van der Waals surface area contributed by atoms with Crippen molar-refractivity contribution in [2.75, 3.05) is 7.11 Å². The van der Waals surface area contributed by atoms with Gasteiger partial charge in [0.1, 0.15) is 5.60 Å². The van der Waals surface area contributed by atoms with Crippen LogP contribution >= 0.6 is 0 Å². The van der Waals surface area contributed by atoms with E-state index >= 15 is 0 Å². The topological polar surface area (TPSA) is 47.3 Å². The van der Waals surface area contributed by atoms with E-state index in [2.05, 4.69) is 12.0 Å². The van der Waals surface area contributed by atoms with E-state index in [0.29, 0.717) is 0 Å². The van der Waals surface area contributed by atoms with Crippen molar-refractivity contribution in [3.8, 4) is 0 Å². The normalized spacial score (nSPS) is 17.4. The van der Waals surface area contributed by atoms with Crippen LogP contribution in [0.15, 0.2) is 12.3 Å². The molecule has 86 valence electrons. The van der Waals surface area contributed by atoms with Crippen LogP contribution in [0.1, 0.15) is 32.9 Å². The Morgan fingerprint density at radius 3 is 2.87 bits per heavy atom. The highest BCUT2D eigenvalue weighted by molar-refractivity contribution is 5.12. The molecule has 0 saturated carbocycles. The molecule has 2 atom stereocenters. The Hall–Kier alpha value is -0.870. The summed E-state index contributed by atoms with van der Waals surface area (Å²) >= 11 is 0. The minimum atomic E-state index is -1.000. The molecule has 15 heavy (non-hydrogen) atoms. The van der Waals surface area contributed by atoms with Crippen molar-refractivity contribution < 1.29 is 9.84 Å². The van der Waals surface area contributed by atoms with Gasteiger partial charge in [0, 0.05) is 19.9 Å². The van der Waals surface area contributed by atoms with Crippen LogP contribution in [0.5, 0.6) is 0 Å². The van der Waals surface area contributed by atoms with E-state index < -0.39 is 5.60 Å². The number of hydrogen-bond donors (Lipinski definition) is 1. The third-order valence-electron chi connectivity index (χ3n) is 2.82. The highest BCUT2D eigenvalue weighted by atomic mass is 16.5. The zero-order valence-corrected chi connectivity index (χ0v) is 9.90. The first-order valence-electron chi connectivity index (χ1n) is 5.31. The molecule has 2 unspecified atom stereocenters. The highest BCUT2D eigenvalue weighted by Gasteiger charge is 2.33. The highest BCUT2D eigenvalue weighted by Crippen LogP contribution is 2.25. The second kappa shape index (κ2) is 4.77. The number of hydrogen-bond acceptors (Lipinski definition) is 3. The quantitative estimate of drug-likeness (QED) is 0.805. The minimum Gasteiger partial charge on any atom is -0.381 e. The van der Waals surface area contributed by atoms with E-state index in [9.17, 15) is 5.11 Å². The first kappa shape index (κ1) is 12.2. The van der Waals surface area contributed by atoms with Crippen LogP contribution < -0.4 is 0 Å². The van der Waals surface area contributed by atoms with Gasteiger partial charge in [-0.25, -0.2) is 0 Å². The summed E-state index contributed by atoms with van der Waals surface area (Å²) in [6, 6.07) is 1.84. The van der Waals surface area contributed by atoms with Gasteiger partial charge in [-0.2, -0.15) is 5.10 Å². The van der Waals surface area contributed by atoms with Crippen LogP contribution in [0.4, 0.5) is 0 Å². The molecule has 0 aliphatic rings. The first-order chi connectivity index (χ1) is 7.04. The van der Waals surface area contributed by atoms with E-state index in [0.717, 1.165) is 18.7 Å². The monoisotopic (exact) mass is 212 g/mol. The van der Waals surface area contributed by atoms with Gasteiger partial charge < -0.3 is 9.84 Å². The standard InChI is InChI=1S/C11H20N2O2/c1-5-8-13-10(6-7-12-13)11(3,14)9(2)15-4/h6-7,9,14H,5,8H2,1-4H3. The largest absolute Gasteiger partial charge is 0.381 e. The molecule has 0 spiro atoms. The summed E-state index contributed by atoms with van der Waals surface area (Å²) in [5.74, 6) is 0. The molecule has 0 amide bonds. The van der Waals surface area contributed by atoms with Gasteiger partial charge in [-0.1, -0.05) is 6.92 Å². The van der Waals surface area contributed by atoms with E-state index in [1.807, 2.05) is 17.7 Å². The smallest absolute Gasteiger partial charge is 0.129 e. The summed E-state index contributed by atoms with van der Waals surface area (Å²) < 4.78 is 7.01. The van der Waals surface area contributed by atoms with Crippen molar-refractivity contribution in [2.24, 2.45) is 0 Å². The molecule has 0 aliphatic carbocycles. The molecule has 1 N–H and O–H groups in total. The summed E-state index contributed by atoms with van der Waals surface area (Å²) in [5.41, 5.74) is -0.195. The van der Waals surface area contributed by atoms with Gasteiger partial charge in [0.15, 0.2) is 0 Å². The van der Waals surface area contributed by atoms with Crippen molar-refractivity contribution in [3.05, 3.63) is 18.0 Å². The van der Waals surface area contributed by atoms with Crippen molar-refractivity contribution >= 4 is 0 Å². The molecule has 1 aromatic rings. The van der Waals surface area contributed by atoms with Crippen LogP contribution in [0.2, 0.25) is 0 Å². The Bertz CT molecular complexity index is 307. The van der Waals surface area contributed by atoms with Gasteiger partial charge in [0.05, 0.1) is 11.8 Å². The predicted molar refractivity (Wildman–Crippen MR) is 58.6 cm³/mol.